The largest absolute Gasteiger partial charge is 0.481 e. The van der Waals surface area contributed by atoms with E-state index in [1.165, 1.54) is 37.2 Å². The number of ether oxygens (including phenoxy) is 2. The van der Waals surface area contributed by atoms with Gasteiger partial charge in [-0.25, -0.2) is 4.98 Å². The lowest BCUT2D eigenvalue weighted by Gasteiger charge is -2.05. The number of methoxy groups -OCH3 is 2. The van der Waals surface area contributed by atoms with Crippen molar-refractivity contribution in [2.24, 2.45) is 0 Å². The number of nitrogens with zero attached hydrogens (tertiary/aromatic N) is 3. The average Bonchev–Trinajstić information content (AvgIpc) is 2.95. The fourth-order valence-corrected chi connectivity index (χ4v) is 3.05. The molecule has 1 amide bonds. The van der Waals surface area contributed by atoms with E-state index in [4.69, 9.17) is 9.47 Å². The van der Waals surface area contributed by atoms with Gasteiger partial charge in [-0.2, -0.15) is 9.97 Å². The maximum Gasteiger partial charge on any atom is 0.320 e. The number of amides is 1. The lowest BCUT2D eigenvalue weighted by molar-refractivity contribution is 0.102. The molecule has 0 aliphatic heterocycles. The zero-order chi connectivity index (χ0) is 17.3. The van der Waals surface area contributed by atoms with Gasteiger partial charge in [0.05, 0.1) is 24.4 Å². The number of carbonyl (C=O) groups excluding carboxylic acids is 1. The monoisotopic (exact) mass is 344 g/mol. The number of hydrogen-bond acceptors (Lipinski definition) is 7. The third-order valence-corrected chi connectivity index (χ3v) is 4.46. The Hall–Kier alpha value is -2.74. The van der Waals surface area contributed by atoms with Crippen molar-refractivity contribution < 1.29 is 14.3 Å². The summed E-state index contributed by atoms with van der Waals surface area (Å²) in [6.07, 6.45) is 0. The summed E-state index contributed by atoms with van der Waals surface area (Å²) in [7, 11) is 2.89. The van der Waals surface area contributed by atoms with Crippen molar-refractivity contribution in [3.8, 4) is 11.9 Å². The molecule has 0 atom stereocenters. The second kappa shape index (κ2) is 6.40. The van der Waals surface area contributed by atoms with Crippen molar-refractivity contribution in [3.63, 3.8) is 0 Å². The van der Waals surface area contributed by atoms with Crippen LogP contribution in [0.1, 0.15) is 21.6 Å². The van der Waals surface area contributed by atoms with Crippen LogP contribution in [-0.2, 0) is 0 Å². The van der Waals surface area contributed by atoms with Crippen molar-refractivity contribution in [1.82, 2.24) is 15.0 Å². The van der Waals surface area contributed by atoms with Crippen LogP contribution in [0, 0.1) is 13.8 Å². The number of aryl methyl sites for hydroxylation is 2. The molecule has 24 heavy (non-hydrogen) atoms. The molecule has 0 fully saturated rings. The van der Waals surface area contributed by atoms with Gasteiger partial charge in [-0.15, -0.1) is 0 Å². The van der Waals surface area contributed by atoms with Gasteiger partial charge in [-0.05, 0) is 37.1 Å². The van der Waals surface area contributed by atoms with Crippen molar-refractivity contribution in [2.45, 2.75) is 13.8 Å². The highest BCUT2D eigenvalue weighted by atomic mass is 32.1. The third-order valence-electron chi connectivity index (χ3n) is 3.53. The number of benzene rings is 1. The summed E-state index contributed by atoms with van der Waals surface area (Å²) in [6, 6.07) is 5.58. The predicted molar refractivity (Wildman–Crippen MR) is 92.2 cm³/mol. The summed E-state index contributed by atoms with van der Waals surface area (Å²) < 4.78 is 11.0. The van der Waals surface area contributed by atoms with E-state index in [9.17, 15) is 4.79 Å². The van der Waals surface area contributed by atoms with Crippen LogP contribution in [0.5, 0.6) is 11.9 Å². The summed E-state index contributed by atoms with van der Waals surface area (Å²) in [5.41, 5.74) is 3.35. The van der Waals surface area contributed by atoms with Gasteiger partial charge in [0.2, 0.25) is 5.88 Å². The summed E-state index contributed by atoms with van der Waals surface area (Å²) in [5, 5.41) is 3.27. The maximum absolute atomic E-state index is 12.4. The first-order valence-electron chi connectivity index (χ1n) is 7.16. The highest BCUT2D eigenvalue weighted by molar-refractivity contribution is 7.22. The van der Waals surface area contributed by atoms with Crippen LogP contribution < -0.4 is 14.8 Å². The molecule has 8 heteroatoms. The first-order chi connectivity index (χ1) is 11.5. The third kappa shape index (κ3) is 3.13. The van der Waals surface area contributed by atoms with Gasteiger partial charge in [-0.3, -0.25) is 10.1 Å². The lowest BCUT2D eigenvalue weighted by atomic mass is 10.1. The number of fused-ring (bicyclic) bond motifs is 1. The highest BCUT2D eigenvalue weighted by Crippen LogP contribution is 2.28. The topological polar surface area (TPSA) is 86.2 Å². The molecule has 124 valence electrons. The fraction of sp³-hybridized carbons (Fsp3) is 0.250. The van der Waals surface area contributed by atoms with E-state index in [2.05, 4.69) is 26.3 Å². The predicted octanol–water partition coefficient (Wildman–Crippen LogP) is 2.97. The number of anilines is 1. The van der Waals surface area contributed by atoms with Crippen molar-refractivity contribution in [2.75, 3.05) is 19.5 Å². The smallest absolute Gasteiger partial charge is 0.320 e. The summed E-state index contributed by atoms with van der Waals surface area (Å²) >= 11 is 1.41. The Kier molecular flexibility index (Phi) is 4.30. The van der Waals surface area contributed by atoms with Crippen molar-refractivity contribution >= 4 is 32.6 Å². The minimum Gasteiger partial charge on any atom is -0.481 e. The molecule has 2 aromatic heterocycles. The fourth-order valence-electron chi connectivity index (χ4n) is 2.11. The molecular weight excluding hydrogens is 328 g/mol. The van der Waals surface area contributed by atoms with E-state index in [0.717, 1.165) is 15.8 Å². The Bertz CT molecular complexity index is 862. The van der Waals surface area contributed by atoms with E-state index in [-0.39, 0.29) is 17.6 Å². The van der Waals surface area contributed by atoms with Gasteiger partial charge in [0.1, 0.15) is 5.69 Å². The first kappa shape index (κ1) is 16.1. The molecule has 3 aromatic rings. The molecule has 0 bridgehead atoms. The van der Waals surface area contributed by atoms with E-state index >= 15 is 0 Å². The van der Waals surface area contributed by atoms with Gasteiger partial charge in [0.25, 0.3) is 5.91 Å². The zero-order valence-electron chi connectivity index (χ0n) is 13.7. The van der Waals surface area contributed by atoms with Crippen LogP contribution in [-0.4, -0.2) is 35.1 Å². The molecule has 0 saturated carbocycles. The SMILES string of the molecule is COc1cc(C(=O)Nc2nc3cc(C)c(C)cc3s2)nc(OC)n1. The molecule has 7 nitrogen and oxygen atoms in total. The molecule has 2 heterocycles. The van der Waals surface area contributed by atoms with Gasteiger partial charge < -0.3 is 9.47 Å². The van der Waals surface area contributed by atoms with Gasteiger partial charge in [0, 0.05) is 6.07 Å². The van der Waals surface area contributed by atoms with Crippen LogP contribution in [0.3, 0.4) is 0 Å². The van der Waals surface area contributed by atoms with Gasteiger partial charge in [-0.1, -0.05) is 11.3 Å². The Morgan fingerprint density at radius 2 is 1.79 bits per heavy atom. The molecule has 0 aliphatic carbocycles. The Balaban J connectivity index is 1.89. The van der Waals surface area contributed by atoms with E-state index in [1.807, 2.05) is 19.9 Å². The van der Waals surface area contributed by atoms with Crippen LogP contribution in [0.15, 0.2) is 18.2 Å². The number of aromatic nitrogens is 3. The van der Waals surface area contributed by atoms with Crippen molar-refractivity contribution in [1.29, 1.82) is 0 Å². The number of hydrogen-bond donors (Lipinski definition) is 1. The molecule has 1 aromatic carbocycles. The Labute approximate surface area is 142 Å². The number of thiazole rings is 1. The van der Waals surface area contributed by atoms with E-state index in [1.54, 1.807) is 0 Å². The van der Waals surface area contributed by atoms with E-state index < -0.39 is 5.91 Å². The molecule has 3 rings (SSSR count). The highest BCUT2D eigenvalue weighted by Gasteiger charge is 2.15. The van der Waals surface area contributed by atoms with Crippen molar-refractivity contribution in [3.05, 3.63) is 35.0 Å². The second-order valence-electron chi connectivity index (χ2n) is 5.16. The standard InChI is InChI=1S/C16H16N4O3S/c1-8-5-10-12(6-9(8)2)24-16(18-10)20-14(21)11-7-13(22-3)19-15(17-11)23-4/h5-7H,1-4H3,(H,18,20,21). The van der Waals surface area contributed by atoms with E-state index in [0.29, 0.717) is 5.13 Å². The summed E-state index contributed by atoms with van der Waals surface area (Å²) in [6.45, 7) is 4.08. The maximum atomic E-state index is 12.4. The van der Waals surface area contributed by atoms with Crippen LogP contribution in [0.4, 0.5) is 5.13 Å². The minimum atomic E-state index is -0.401. The number of rotatable bonds is 4. The summed E-state index contributed by atoms with van der Waals surface area (Å²) in [5.74, 6) is -0.149. The molecule has 0 unspecified atom stereocenters. The molecular formula is C16H16N4O3S. The van der Waals surface area contributed by atoms with Crippen LogP contribution >= 0.6 is 11.3 Å². The normalized spacial score (nSPS) is 10.7. The zero-order valence-corrected chi connectivity index (χ0v) is 14.5. The number of nitrogens with one attached hydrogen (secondary N) is 1. The van der Waals surface area contributed by atoms with Crippen LogP contribution in [0.25, 0.3) is 10.2 Å². The lowest BCUT2D eigenvalue weighted by Crippen LogP contribution is -2.14. The van der Waals surface area contributed by atoms with Gasteiger partial charge >= 0.3 is 6.01 Å². The summed E-state index contributed by atoms with van der Waals surface area (Å²) in [4.78, 5) is 24.9. The molecule has 0 spiro atoms. The average molecular weight is 344 g/mol. The quantitative estimate of drug-likeness (QED) is 0.783. The first-order valence-corrected chi connectivity index (χ1v) is 7.98. The number of carbonyl (C=O) groups is 1. The molecule has 1 N–H and O–H groups in total. The second-order valence-corrected chi connectivity index (χ2v) is 6.19. The molecule has 0 radical (unpaired) electrons. The Morgan fingerprint density at radius 3 is 2.50 bits per heavy atom. The van der Waals surface area contributed by atoms with Crippen LogP contribution in [0.2, 0.25) is 0 Å². The molecule has 0 saturated heterocycles. The molecule has 0 aliphatic rings. The minimum absolute atomic E-state index is 0.0649. The Morgan fingerprint density at radius 1 is 1.04 bits per heavy atom. The van der Waals surface area contributed by atoms with Gasteiger partial charge in [0.15, 0.2) is 5.13 Å².